The average Bonchev–Trinajstić information content (AvgIpc) is 3.29. The number of carbonyl (C=O) groups is 1. The van der Waals surface area contributed by atoms with Gasteiger partial charge in [0, 0.05) is 5.56 Å². The summed E-state index contributed by atoms with van der Waals surface area (Å²) >= 11 is 1.60. The molecule has 1 N–H and O–H groups in total. The molecule has 0 unspecified atom stereocenters. The summed E-state index contributed by atoms with van der Waals surface area (Å²) in [5.41, 5.74) is 2.66. The first-order valence-corrected chi connectivity index (χ1v) is 8.63. The minimum absolute atomic E-state index is 0.105. The second-order valence-corrected chi connectivity index (χ2v) is 6.66. The Kier molecular flexibility index (Phi) is 4.22. The number of carbonyl (C=O) groups excluding carboxylic acids is 1. The molecule has 0 saturated carbocycles. The van der Waals surface area contributed by atoms with Crippen molar-refractivity contribution in [3.05, 3.63) is 77.3 Å². The number of nitrogens with zero attached hydrogens (tertiary/aromatic N) is 4. The monoisotopic (exact) mass is 349 g/mol. The van der Waals surface area contributed by atoms with E-state index in [0.717, 1.165) is 20.8 Å². The number of hydrogen-bond donors (Lipinski definition) is 1. The van der Waals surface area contributed by atoms with Gasteiger partial charge in [0.15, 0.2) is 0 Å². The van der Waals surface area contributed by atoms with Gasteiger partial charge in [-0.2, -0.15) is 5.10 Å². The molecular formula is C18H15N5OS. The zero-order chi connectivity index (χ0) is 17.1. The molecule has 0 atom stereocenters. The van der Waals surface area contributed by atoms with Gasteiger partial charge in [0.1, 0.15) is 17.7 Å². The lowest BCUT2D eigenvalue weighted by molar-refractivity contribution is 0.0951. The number of rotatable bonds is 5. The number of amides is 1. The van der Waals surface area contributed by atoms with Crippen LogP contribution in [0.3, 0.4) is 0 Å². The van der Waals surface area contributed by atoms with E-state index in [1.54, 1.807) is 22.3 Å². The third-order valence-corrected chi connectivity index (χ3v) is 4.80. The second kappa shape index (κ2) is 6.82. The third kappa shape index (κ3) is 3.56. The molecule has 0 spiro atoms. The number of benzene rings is 2. The van der Waals surface area contributed by atoms with Crippen LogP contribution in [-0.2, 0) is 13.1 Å². The molecule has 7 heteroatoms. The molecule has 124 valence electrons. The molecular weight excluding hydrogens is 334 g/mol. The predicted octanol–water partition coefficient (Wildman–Crippen LogP) is 2.87. The van der Waals surface area contributed by atoms with Crippen molar-refractivity contribution >= 4 is 27.5 Å². The van der Waals surface area contributed by atoms with Gasteiger partial charge >= 0.3 is 0 Å². The summed E-state index contributed by atoms with van der Waals surface area (Å²) in [7, 11) is 0. The number of fused-ring (bicyclic) bond motifs is 1. The summed E-state index contributed by atoms with van der Waals surface area (Å²) in [6.07, 6.45) is 3.17. The molecule has 0 fully saturated rings. The van der Waals surface area contributed by atoms with Crippen molar-refractivity contribution in [1.82, 2.24) is 25.1 Å². The topological polar surface area (TPSA) is 72.7 Å². The summed E-state index contributed by atoms with van der Waals surface area (Å²) in [4.78, 5) is 20.7. The van der Waals surface area contributed by atoms with Crippen molar-refractivity contribution in [3.63, 3.8) is 0 Å². The van der Waals surface area contributed by atoms with E-state index in [9.17, 15) is 4.79 Å². The lowest BCUT2D eigenvalue weighted by atomic mass is 10.1. The number of nitrogens with one attached hydrogen (secondary N) is 1. The minimum atomic E-state index is -0.105. The van der Waals surface area contributed by atoms with E-state index >= 15 is 0 Å². The SMILES string of the molecule is O=C(NCc1nc2ccccc2s1)c1ccc(Cn2cncn2)cc1. The Morgan fingerprint density at radius 2 is 1.96 bits per heavy atom. The molecule has 2 heterocycles. The van der Waals surface area contributed by atoms with E-state index in [1.165, 1.54) is 6.33 Å². The zero-order valence-corrected chi connectivity index (χ0v) is 14.1. The van der Waals surface area contributed by atoms with Crippen molar-refractivity contribution in [3.8, 4) is 0 Å². The van der Waals surface area contributed by atoms with Crippen LogP contribution in [0.4, 0.5) is 0 Å². The van der Waals surface area contributed by atoms with Gasteiger partial charge in [0.05, 0.1) is 23.3 Å². The summed E-state index contributed by atoms with van der Waals surface area (Å²) < 4.78 is 2.87. The molecule has 2 aromatic heterocycles. The van der Waals surface area contributed by atoms with Crippen LogP contribution >= 0.6 is 11.3 Å². The molecule has 4 rings (SSSR count). The molecule has 2 aromatic carbocycles. The van der Waals surface area contributed by atoms with Gasteiger partial charge in [-0.05, 0) is 29.8 Å². The Bertz CT molecular complexity index is 959. The standard InChI is InChI=1S/C18H15N5OS/c24-18(20-9-17-22-15-3-1-2-4-16(15)25-17)14-7-5-13(6-8-14)10-23-12-19-11-21-23/h1-8,11-12H,9-10H2,(H,20,24). The number of aromatic nitrogens is 4. The molecule has 1 amide bonds. The van der Waals surface area contributed by atoms with Gasteiger partial charge in [-0.25, -0.2) is 14.6 Å². The molecule has 0 radical (unpaired) electrons. The van der Waals surface area contributed by atoms with E-state index in [4.69, 9.17) is 0 Å². The molecule has 0 aliphatic rings. The van der Waals surface area contributed by atoms with Gasteiger partial charge in [-0.3, -0.25) is 4.79 Å². The third-order valence-electron chi connectivity index (χ3n) is 3.77. The van der Waals surface area contributed by atoms with Crippen LogP contribution in [0.1, 0.15) is 20.9 Å². The maximum Gasteiger partial charge on any atom is 0.251 e. The van der Waals surface area contributed by atoms with Crippen LogP contribution in [0.5, 0.6) is 0 Å². The van der Waals surface area contributed by atoms with Crippen LogP contribution in [-0.4, -0.2) is 25.7 Å². The average molecular weight is 349 g/mol. The zero-order valence-electron chi connectivity index (χ0n) is 13.3. The van der Waals surface area contributed by atoms with Gasteiger partial charge in [-0.1, -0.05) is 24.3 Å². The van der Waals surface area contributed by atoms with Gasteiger partial charge < -0.3 is 5.32 Å². The van der Waals surface area contributed by atoms with Crippen LogP contribution < -0.4 is 5.32 Å². The van der Waals surface area contributed by atoms with E-state index in [-0.39, 0.29) is 5.91 Å². The van der Waals surface area contributed by atoms with Gasteiger partial charge in [0.25, 0.3) is 5.91 Å². The fourth-order valence-corrected chi connectivity index (χ4v) is 3.42. The van der Waals surface area contributed by atoms with Gasteiger partial charge in [0.2, 0.25) is 0 Å². The number of hydrogen-bond acceptors (Lipinski definition) is 5. The lowest BCUT2D eigenvalue weighted by Gasteiger charge is -2.05. The van der Waals surface area contributed by atoms with Crippen LogP contribution in [0.15, 0.2) is 61.2 Å². The molecule has 0 bridgehead atoms. The molecule has 0 aliphatic carbocycles. The molecule has 4 aromatic rings. The van der Waals surface area contributed by atoms with Crippen molar-refractivity contribution < 1.29 is 4.79 Å². The Hall–Kier alpha value is -3.06. The van der Waals surface area contributed by atoms with E-state index in [0.29, 0.717) is 18.7 Å². The highest BCUT2D eigenvalue weighted by Gasteiger charge is 2.08. The van der Waals surface area contributed by atoms with Crippen LogP contribution in [0, 0.1) is 0 Å². The van der Waals surface area contributed by atoms with E-state index in [2.05, 4.69) is 20.4 Å². The van der Waals surface area contributed by atoms with Crippen molar-refractivity contribution in [2.24, 2.45) is 0 Å². The first-order valence-electron chi connectivity index (χ1n) is 7.82. The largest absolute Gasteiger partial charge is 0.346 e. The lowest BCUT2D eigenvalue weighted by Crippen LogP contribution is -2.22. The molecule has 25 heavy (non-hydrogen) atoms. The summed E-state index contributed by atoms with van der Waals surface area (Å²) in [5, 5.41) is 7.89. The normalized spacial score (nSPS) is 10.9. The van der Waals surface area contributed by atoms with Crippen LogP contribution in [0.25, 0.3) is 10.2 Å². The first-order chi connectivity index (χ1) is 12.3. The smallest absolute Gasteiger partial charge is 0.251 e. The van der Waals surface area contributed by atoms with Crippen molar-refractivity contribution in [2.75, 3.05) is 0 Å². The fourth-order valence-electron chi connectivity index (χ4n) is 2.52. The van der Waals surface area contributed by atoms with Crippen LogP contribution in [0.2, 0.25) is 0 Å². The Balaban J connectivity index is 1.38. The number of thiazole rings is 1. The highest BCUT2D eigenvalue weighted by atomic mass is 32.1. The maximum atomic E-state index is 12.3. The molecule has 0 aliphatic heterocycles. The predicted molar refractivity (Wildman–Crippen MR) is 96.4 cm³/mol. The fraction of sp³-hybridized carbons (Fsp3) is 0.111. The van der Waals surface area contributed by atoms with E-state index < -0.39 is 0 Å². The van der Waals surface area contributed by atoms with Crippen molar-refractivity contribution in [2.45, 2.75) is 13.1 Å². The summed E-state index contributed by atoms with van der Waals surface area (Å²) in [6, 6.07) is 15.5. The highest BCUT2D eigenvalue weighted by molar-refractivity contribution is 7.18. The molecule has 0 saturated heterocycles. The summed E-state index contributed by atoms with van der Waals surface area (Å²) in [5.74, 6) is -0.105. The Morgan fingerprint density at radius 1 is 1.12 bits per heavy atom. The Labute approximate surface area is 148 Å². The van der Waals surface area contributed by atoms with E-state index in [1.807, 2.05) is 48.5 Å². The minimum Gasteiger partial charge on any atom is -0.346 e. The number of para-hydroxylation sites is 1. The van der Waals surface area contributed by atoms with Crippen molar-refractivity contribution in [1.29, 1.82) is 0 Å². The maximum absolute atomic E-state index is 12.3. The molecule has 6 nitrogen and oxygen atoms in total. The first kappa shape index (κ1) is 15.5. The highest BCUT2D eigenvalue weighted by Crippen LogP contribution is 2.21. The Morgan fingerprint density at radius 3 is 2.72 bits per heavy atom. The quantitative estimate of drug-likeness (QED) is 0.601. The second-order valence-electron chi connectivity index (χ2n) is 5.55. The summed E-state index contributed by atoms with van der Waals surface area (Å²) in [6.45, 7) is 1.06. The van der Waals surface area contributed by atoms with Gasteiger partial charge in [-0.15, -0.1) is 11.3 Å².